The lowest BCUT2D eigenvalue weighted by Gasteiger charge is -2.36. The molecule has 1 N–H and O–H groups in total. The highest BCUT2D eigenvalue weighted by molar-refractivity contribution is 6.11. The number of benzene rings is 3. The van der Waals surface area contributed by atoms with Crippen molar-refractivity contribution in [3.05, 3.63) is 95.8 Å². The highest BCUT2D eigenvalue weighted by atomic mass is 19.1. The Morgan fingerprint density at radius 2 is 1.49 bits per heavy atom. The Bertz CT molecular complexity index is 1190. The zero-order valence-electron chi connectivity index (χ0n) is 19.6. The lowest BCUT2D eigenvalue weighted by Crippen LogP contribution is -2.51. The Labute approximate surface area is 205 Å². The second-order valence-electron chi connectivity index (χ2n) is 8.96. The molecule has 0 spiro atoms. The third kappa shape index (κ3) is 4.91. The number of piperazine rings is 1. The first-order chi connectivity index (χ1) is 17.1. The topological polar surface area (TPSA) is 55.9 Å². The van der Waals surface area contributed by atoms with Gasteiger partial charge < -0.3 is 10.2 Å². The summed E-state index contributed by atoms with van der Waals surface area (Å²) in [6.45, 7) is 4.30. The minimum absolute atomic E-state index is 0.143. The van der Waals surface area contributed by atoms with E-state index in [9.17, 15) is 14.0 Å². The molecule has 0 unspecified atom stereocenters. The third-order valence-electron chi connectivity index (χ3n) is 6.81. The Morgan fingerprint density at radius 1 is 0.829 bits per heavy atom. The molecular formula is C28H29FN4O2. The molecule has 0 aromatic heterocycles. The van der Waals surface area contributed by atoms with Crippen LogP contribution in [0, 0.1) is 5.82 Å². The van der Waals surface area contributed by atoms with E-state index < -0.39 is 6.04 Å². The molecule has 180 valence electrons. The highest BCUT2D eigenvalue weighted by Crippen LogP contribution is 2.33. The van der Waals surface area contributed by atoms with Gasteiger partial charge in [-0.05, 0) is 35.9 Å². The molecule has 7 heteroatoms. The van der Waals surface area contributed by atoms with E-state index in [0.717, 1.165) is 37.4 Å². The summed E-state index contributed by atoms with van der Waals surface area (Å²) in [5.74, 6) is -0.504. The number of nitrogens with one attached hydrogen (secondary N) is 1. The van der Waals surface area contributed by atoms with Crippen molar-refractivity contribution in [3.63, 3.8) is 0 Å². The number of nitrogens with zero attached hydrogens (tertiary/aromatic N) is 3. The summed E-state index contributed by atoms with van der Waals surface area (Å²) in [6.07, 6.45) is 0.502. The number of hydrogen-bond acceptors (Lipinski definition) is 4. The van der Waals surface area contributed by atoms with Gasteiger partial charge in [0.25, 0.3) is 5.91 Å². The van der Waals surface area contributed by atoms with Crippen molar-refractivity contribution >= 4 is 23.2 Å². The third-order valence-corrected chi connectivity index (χ3v) is 6.81. The fourth-order valence-corrected chi connectivity index (χ4v) is 4.94. The minimum atomic E-state index is -0.571. The first kappa shape index (κ1) is 23.1. The number of carbonyl (C=O) groups excluding carboxylic acids is 2. The quantitative estimate of drug-likeness (QED) is 0.598. The Balaban J connectivity index is 1.17. The monoisotopic (exact) mass is 472 g/mol. The van der Waals surface area contributed by atoms with Crippen LogP contribution in [0.3, 0.4) is 0 Å². The van der Waals surface area contributed by atoms with Crippen molar-refractivity contribution in [2.45, 2.75) is 12.5 Å². The van der Waals surface area contributed by atoms with Gasteiger partial charge in [-0.3, -0.25) is 19.4 Å². The average Bonchev–Trinajstić information content (AvgIpc) is 3.29. The first-order valence-electron chi connectivity index (χ1n) is 12.1. The molecule has 3 aromatic rings. The summed E-state index contributed by atoms with van der Waals surface area (Å²) in [5.41, 5.74) is 3.01. The second-order valence-corrected chi connectivity index (χ2v) is 8.96. The van der Waals surface area contributed by atoms with Gasteiger partial charge in [-0.1, -0.05) is 48.5 Å². The molecule has 2 amide bonds. The molecule has 2 aliphatic rings. The molecular weight excluding hydrogens is 443 g/mol. The van der Waals surface area contributed by atoms with Crippen LogP contribution in [-0.2, 0) is 11.2 Å². The summed E-state index contributed by atoms with van der Waals surface area (Å²) >= 11 is 0. The first-order valence-corrected chi connectivity index (χ1v) is 12.1. The van der Waals surface area contributed by atoms with Gasteiger partial charge in [0.05, 0.1) is 5.69 Å². The van der Waals surface area contributed by atoms with Crippen LogP contribution < -0.4 is 15.1 Å². The lowest BCUT2D eigenvalue weighted by molar-refractivity contribution is -0.122. The molecule has 1 atom stereocenters. The fraction of sp³-hybridized carbons (Fsp3) is 0.286. The number of hydrogen-bond donors (Lipinski definition) is 1. The van der Waals surface area contributed by atoms with Gasteiger partial charge >= 0.3 is 0 Å². The minimum Gasteiger partial charge on any atom is -0.367 e. The molecule has 0 radical (unpaired) electrons. The van der Waals surface area contributed by atoms with Gasteiger partial charge in [0.1, 0.15) is 11.9 Å². The van der Waals surface area contributed by atoms with E-state index in [1.54, 1.807) is 23.1 Å². The number of rotatable bonds is 6. The summed E-state index contributed by atoms with van der Waals surface area (Å²) < 4.78 is 14.1. The average molecular weight is 473 g/mol. The SMILES string of the molecule is O=C(NCCN1CCN(c2ccccc2F)CC1)[C@H]1Cc2ccccc2N1C(=O)c1ccccc1. The van der Waals surface area contributed by atoms with Crippen LogP contribution in [0.25, 0.3) is 0 Å². The number of amides is 2. The predicted octanol–water partition coefficient (Wildman–Crippen LogP) is 3.34. The molecule has 0 saturated carbocycles. The van der Waals surface area contributed by atoms with E-state index in [1.807, 2.05) is 54.6 Å². The number of fused-ring (bicyclic) bond motifs is 1. The number of para-hydroxylation sites is 2. The van der Waals surface area contributed by atoms with Crippen molar-refractivity contribution in [2.75, 3.05) is 49.1 Å². The molecule has 1 saturated heterocycles. The summed E-state index contributed by atoms with van der Waals surface area (Å²) in [7, 11) is 0. The van der Waals surface area contributed by atoms with Crippen LogP contribution in [-0.4, -0.2) is 62.0 Å². The molecule has 2 aliphatic heterocycles. The van der Waals surface area contributed by atoms with Gasteiger partial charge in [0.15, 0.2) is 0 Å². The summed E-state index contributed by atoms with van der Waals surface area (Å²) in [6, 6.07) is 23.1. The molecule has 35 heavy (non-hydrogen) atoms. The maximum absolute atomic E-state index is 14.1. The Kier molecular flexibility index (Phi) is 6.77. The normalized spacial score (nSPS) is 17.8. The van der Waals surface area contributed by atoms with E-state index in [4.69, 9.17) is 0 Å². The molecule has 5 rings (SSSR count). The van der Waals surface area contributed by atoms with Crippen molar-refractivity contribution in [1.29, 1.82) is 0 Å². The maximum atomic E-state index is 14.1. The molecule has 2 heterocycles. The van der Waals surface area contributed by atoms with Crippen LogP contribution >= 0.6 is 0 Å². The number of halogens is 1. The van der Waals surface area contributed by atoms with Gasteiger partial charge in [-0.15, -0.1) is 0 Å². The number of carbonyl (C=O) groups is 2. The van der Waals surface area contributed by atoms with Gasteiger partial charge in [0.2, 0.25) is 5.91 Å². The number of anilines is 2. The highest BCUT2D eigenvalue weighted by Gasteiger charge is 2.38. The zero-order chi connectivity index (χ0) is 24.2. The molecule has 0 bridgehead atoms. The van der Waals surface area contributed by atoms with Crippen LogP contribution in [0.2, 0.25) is 0 Å². The van der Waals surface area contributed by atoms with Gasteiger partial charge in [-0.25, -0.2) is 4.39 Å². The second kappa shape index (κ2) is 10.3. The Morgan fingerprint density at radius 3 is 2.23 bits per heavy atom. The molecule has 0 aliphatic carbocycles. The van der Waals surface area contributed by atoms with Crippen LogP contribution in [0.1, 0.15) is 15.9 Å². The van der Waals surface area contributed by atoms with Crippen LogP contribution in [0.5, 0.6) is 0 Å². The van der Waals surface area contributed by atoms with Crippen molar-refractivity contribution in [3.8, 4) is 0 Å². The van der Waals surface area contributed by atoms with Crippen LogP contribution in [0.4, 0.5) is 15.8 Å². The van der Waals surface area contributed by atoms with Gasteiger partial charge in [-0.2, -0.15) is 0 Å². The van der Waals surface area contributed by atoms with E-state index >= 15 is 0 Å². The van der Waals surface area contributed by atoms with Crippen molar-refractivity contribution in [2.24, 2.45) is 0 Å². The maximum Gasteiger partial charge on any atom is 0.259 e. The van der Waals surface area contributed by atoms with Gasteiger partial charge in [0, 0.05) is 56.9 Å². The van der Waals surface area contributed by atoms with Crippen molar-refractivity contribution < 1.29 is 14.0 Å². The predicted molar refractivity (Wildman–Crippen MR) is 135 cm³/mol. The van der Waals surface area contributed by atoms with E-state index in [-0.39, 0.29) is 17.6 Å². The van der Waals surface area contributed by atoms with Crippen molar-refractivity contribution in [1.82, 2.24) is 10.2 Å². The smallest absolute Gasteiger partial charge is 0.259 e. The lowest BCUT2D eigenvalue weighted by atomic mass is 10.1. The fourth-order valence-electron chi connectivity index (χ4n) is 4.94. The Hall–Kier alpha value is -3.71. The van der Waals surface area contributed by atoms with E-state index in [0.29, 0.717) is 30.8 Å². The standard InChI is InChI=1S/C28H29FN4O2/c29-23-11-5-7-13-25(23)32-18-16-31(17-19-32)15-14-30-27(34)26-20-22-10-4-6-12-24(22)33(26)28(35)21-8-2-1-3-9-21/h1-13,26H,14-20H2,(H,30,34)/t26-/m1/s1. The molecule has 1 fully saturated rings. The summed E-state index contributed by atoms with van der Waals surface area (Å²) in [5, 5.41) is 3.05. The molecule has 3 aromatic carbocycles. The molecule has 6 nitrogen and oxygen atoms in total. The van der Waals surface area contributed by atoms with E-state index in [1.165, 1.54) is 6.07 Å². The summed E-state index contributed by atoms with van der Waals surface area (Å²) in [4.78, 5) is 32.5. The largest absolute Gasteiger partial charge is 0.367 e. The van der Waals surface area contributed by atoms with Crippen LogP contribution in [0.15, 0.2) is 78.9 Å². The van der Waals surface area contributed by atoms with E-state index in [2.05, 4.69) is 15.1 Å². The zero-order valence-corrected chi connectivity index (χ0v) is 19.6.